The number of nitrogens with one attached hydrogen (secondary N) is 1. The molecule has 4 heteroatoms. The second-order valence-electron chi connectivity index (χ2n) is 1.58. The molecule has 0 heterocycles. The monoisotopic (exact) mass is 172 g/mol. The zero-order chi connectivity index (χ0) is 6.24. The van der Waals surface area contributed by atoms with Crippen LogP contribution in [-0.2, 0) is 0 Å². The summed E-state index contributed by atoms with van der Waals surface area (Å²) in [5, 5.41) is 3.12. The molecule has 0 radical (unpaired) electrons. The first-order chi connectivity index (χ1) is 3.91. The van der Waals surface area contributed by atoms with Gasteiger partial charge in [0.1, 0.15) is 0 Å². The third-order valence-corrected chi connectivity index (χ3v) is 1.02. The van der Waals surface area contributed by atoms with Crippen molar-refractivity contribution in [3.05, 3.63) is 0 Å². The Morgan fingerprint density at radius 1 is 1.33 bits per heavy atom. The molecule has 58 valence electrons. The average molecular weight is 173 g/mol. The summed E-state index contributed by atoms with van der Waals surface area (Å²) in [4.78, 5) is 0. The topological polar surface area (TPSA) is 38.0 Å². The highest BCUT2D eigenvalue weighted by Crippen LogP contribution is 1.71. The van der Waals surface area contributed by atoms with Crippen LogP contribution in [0.2, 0.25) is 0 Å². The summed E-state index contributed by atoms with van der Waals surface area (Å²) in [6.07, 6.45) is 1.04. The Morgan fingerprint density at radius 3 is 2.44 bits per heavy atom. The van der Waals surface area contributed by atoms with Crippen LogP contribution in [0, 0.1) is 0 Å². The van der Waals surface area contributed by atoms with E-state index in [1.807, 2.05) is 0 Å². The molecule has 0 spiro atoms. The van der Waals surface area contributed by atoms with Gasteiger partial charge in [-0.3, -0.25) is 0 Å². The zero-order valence-corrected chi connectivity index (χ0v) is 6.97. The van der Waals surface area contributed by atoms with Crippen molar-refractivity contribution in [3.8, 4) is 0 Å². The second-order valence-corrected chi connectivity index (χ2v) is 1.96. The van der Waals surface area contributed by atoms with Crippen molar-refractivity contribution < 1.29 is 0 Å². The van der Waals surface area contributed by atoms with E-state index in [4.69, 9.17) is 17.3 Å². The molecule has 0 aliphatic carbocycles. The standard InChI is InChI=1S/C5H13ClN2.ClH/c6-2-5-8-4-1-3-7;/h8H,1-5,7H2;1H. The van der Waals surface area contributed by atoms with Crippen molar-refractivity contribution in [2.45, 2.75) is 6.42 Å². The molecule has 0 amide bonds. The first kappa shape index (κ1) is 12.2. The summed E-state index contributed by atoms with van der Waals surface area (Å²) in [5.74, 6) is 0.685. The van der Waals surface area contributed by atoms with Gasteiger partial charge in [-0.1, -0.05) is 0 Å². The van der Waals surface area contributed by atoms with E-state index < -0.39 is 0 Å². The molecular formula is C5H14Cl2N2. The molecule has 0 saturated carbocycles. The minimum Gasteiger partial charge on any atom is -0.330 e. The molecule has 3 N–H and O–H groups in total. The van der Waals surface area contributed by atoms with Crippen LogP contribution in [0.15, 0.2) is 0 Å². The van der Waals surface area contributed by atoms with Crippen LogP contribution in [0.25, 0.3) is 0 Å². The molecule has 0 fully saturated rings. The van der Waals surface area contributed by atoms with Crippen LogP contribution < -0.4 is 11.1 Å². The first-order valence-electron chi connectivity index (χ1n) is 2.88. The van der Waals surface area contributed by atoms with Gasteiger partial charge >= 0.3 is 0 Å². The van der Waals surface area contributed by atoms with E-state index in [0.29, 0.717) is 5.88 Å². The van der Waals surface area contributed by atoms with Gasteiger partial charge in [0.2, 0.25) is 0 Å². The summed E-state index contributed by atoms with van der Waals surface area (Å²) in [7, 11) is 0. The average Bonchev–Trinajstić information content (AvgIpc) is 1.81. The highest BCUT2D eigenvalue weighted by Gasteiger charge is 1.81. The molecule has 2 nitrogen and oxygen atoms in total. The van der Waals surface area contributed by atoms with Crippen LogP contribution in [0.3, 0.4) is 0 Å². The quantitative estimate of drug-likeness (QED) is 0.471. The Hall–Kier alpha value is 0.500. The molecule has 0 atom stereocenters. The number of nitrogens with two attached hydrogens (primary N) is 1. The van der Waals surface area contributed by atoms with E-state index in [9.17, 15) is 0 Å². The highest BCUT2D eigenvalue weighted by molar-refractivity contribution is 6.18. The van der Waals surface area contributed by atoms with Crippen molar-refractivity contribution in [1.82, 2.24) is 5.32 Å². The second kappa shape index (κ2) is 11.3. The fourth-order valence-electron chi connectivity index (χ4n) is 0.419. The summed E-state index contributed by atoms with van der Waals surface area (Å²) >= 11 is 5.39. The van der Waals surface area contributed by atoms with Gasteiger partial charge in [0.15, 0.2) is 0 Å². The van der Waals surface area contributed by atoms with E-state index >= 15 is 0 Å². The Balaban J connectivity index is 0. The van der Waals surface area contributed by atoms with E-state index in [2.05, 4.69) is 5.32 Å². The van der Waals surface area contributed by atoms with Gasteiger partial charge in [0.05, 0.1) is 0 Å². The molecule has 9 heavy (non-hydrogen) atoms. The summed E-state index contributed by atoms with van der Waals surface area (Å²) < 4.78 is 0. The SMILES string of the molecule is Cl.NCCCNCCCl. The lowest BCUT2D eigenvalue weighted by atomic mass is 10.4. The summed E-state index contributed by atoms with van der Waals surface area (Å²) in [5.41, 5.74) is 5.24. The lowest BCUT2D eigenvalue weighted by Gasteiger charge is -1.97. The maximum atomic E-state index is 5.39. The molecule has 0 rings (SSSR count). The molecule has 0 aromatic heterocycles. The van der Waals surface area contributed by atoms with E-state index in [1.165, 1.54) is 0 Å². The molecule has 0 unspecified atom stereocenters. The zero-order valence-electron chi connectivity index (χ0n) is 5.40. The minimum absolute atomic E-state index is 0. The van der Waals surface area contributed by atoms with Crippen LogP contribution in [-0.4, -0.2) is 25.5 Å². The van der Waals surface area contributed by atoms with Crippen LogP contribution in [0.5, 0.6) is 0 Å². The normalized spacial score (nSPS) is 8.67. The smallest absolute Gasteiger partial charge is 0.0348 e. The Bertz CT molecular complexity index is 37.9. The van der Waals surface area contributed by atoms with Crippen molar-refractivity contribution in [2.75, 3.05) is 25.5 Å². The maximum absolute atomic E-state index is 5.39. The van der Waals surface area contributed by atoms with Crippen molar-refractivity contribution in [1.29, 1.82) is 0 Å². The number of hydrogen-bond acceptors (Lipinski definition) is 2. The number of halogens is 2. The Labute approximate surface area is 67.5 Å². The van der Waals surface area contributed by atoms with E-state index in [0.717, 1.165) is 26.1 Å². The number of alkyl halides is 1. The van der Waals surface area contributed by atoms with Gasteiger partial charge in [0, 0.05) is 12.4 Å². The Kier molecular flexibility index (Phi) is 15.3. The highest BCUT2D eigenvalue weighted by atomic mass is 35.5. The third kappa shape index (κ3) is 11.9. The molecule has 0 saturated heterocycles. The van der Waals surface area contributed by atoms with Gasteiger partial charge in [-0.05, 0) is 19.5 Å². The summed E-state index contributed by atoms with van der Waals surface area (Å²) in [6.45, 7) is 2.64. The van der Waals surface area contributed by atoms with Crippen molar-refractivity contribution in [3.63, 3.8) is 0 Å². The van der Waals surface area contributed by atoms with E-state index in [-0.39, 0.29) is 12.4 Å². The maximum Gasteiger partial charge on any atom is 0.0348 e. The third-order valence-electron chi connectivity index (χ3n) is 0.829. The Morgan fingerprint density at radius 2 is 2.00 bits per heavy atom. The minimum atomic E-state index is 0. The molecule has 0 aliphatic heterocycles. The van der Waals surface area contributed by atoms with Crippen molar-refractivity contribution >= 4 is 24.0 Å². The molecule has 0 aromatic carbocycles. The van der Waals surface area contributed by atoms with Gasteiger partial charge in [-0.2, -0.15) is 0 Å². The lowest BCUT2D eigenvalue weighted by Crippen LogP contribution is -2.19. The van der Waals surface area contributed by atoms with Gasteiger partial charge in [-0.25, -0.2) is 0 Å². The van der Waals surface area contributed by atoms with Gasteiger partial charge in [-0.15, -0.1) is 24.0 Å². The van der Waals surface area contributed by atoms with E-state index in [1.54, 1.807) is 0 Å². The van der Waals surface area contributed by atoms with Crippen LogP contribution in [0.4, 0.5) is 0 Å². The van der Waals surface area contributed by atoms with Crippen LogP contribution in [0.1, 0.15) is 6.42 Å². The van der Waals surface area contributed by atoms with Crippen molar-refractivity contribution in [2.24, 2.45) is 5.73 Å². The first-order valence-corrected chi connectivity index (χ1v) is 3.42. The largest absolute Gasteiger partial charge is 0.330 e. The fourth-order valence-corrected chi connectivity index (χ4v) is 0.553. The van der Waals surface area contributed by atoms with Crippen LogP contribution >= 0.6 is 24.0 Å². The van der Waals surface area contributed by atoms with Gasteiger partial charge < -0.3 is 11.1 Å². The van der Waals surface area contributed by atoms with Gasteiger partial charge in [0.25, 0.3) is 0 Å². The molecule has 0 aliphatic rings. The molecule has 0 aromatic rings. The predicted octanol–water partition coefficient (Wildman–Crippen LogP) is 0.585. The molecule has 0 bridgehead atoms. The number of hydrogen-bond donors (Lipinski definition) is 2. The molecular weight excluding hydrogens is 159 g/mol. The lowest BCUT2D eigenvalue weighted by molar-refractivity contribution is 0.681. The predicted molar refractivity (Wildman–Crippen MR) is 44.5 cm³/mol. The number of rotatable bonds is 5. The fraction of sp³-hybridized carbons (Fsp3) is 1.00. The summed E-state index contributed by atoms with van der Waals surface area (Å²) in [6, 6.07) is 0.